The maximum absolute atomic E-state index is 2.47. The predicted octanol–water partition coefficient (Wildman–Crippen LogP) is 8.27. The fraction of sp³-hybridized carbons (Fsp3) is 0.362. The first kappa shape index (κ1) is 43.2. The van der Waals surface area contributed by atoms with Crippen LogP contribution in [0.1, 0.15) is 108 Å². The van der Waals surface area contributed by atoms with Crippen LogP contribution in [0, 0.1) is 0 Å². The molecule has 0 radical (unpaired) electrons. The molecule has 0 N–H and O–H groups in total. The summed E-state index contributed by atoms with van der Waals surface area (Å²) in [6, 6.07) is 41.1. The minimum absolute atomic E-state index is 0. The van der Waals surface area contributed by atoms with Crippen molar-refractivity contribution in [1.82, 2.24) is 0 Å². The summed E-state index contributed by atoms with van der Waals surface area (Å²) in [4.78, 5) is 0. The molecular formula is C47H56Cl2SiZr-2. The average molecular weight is 811 g/mol. The van der Waals surface area contributed by atoms with E-state index in [9.17, 15) is 0 Å². The second kappa shape index (κ2) is 19.7. The maximum atomic E-state index is 2.47. The quantitative estimate of drug-likeness (QED) is 0.122. The summed E-state index contributed by atoms with van der Waals surface area (Å²) < 4.78 is 0. The fourth-order valence-electron chi connectivity index (χ4n) is 7.13. The van der Waals surface area contributed by atoms with Crippen molar-refractivity contribution in [2.75, 3.05) is 0 Å². The smallest absolute Gasteiger partial charge is 1.00 e. The maximum Gasteiger partial charge on any atom is -1.00 e. The van der Waals surface area contributed by atoms with E-state index in [1.54, 1.807) is 28.9 Å². The van der Waals surface area contributed by atoms with Crippen molar-refractivity contribution in [3.63, 3.8) is 0 Å². The number of aryl methyl sites for hydroxylation is 1. The number of fused-ring (bicyclic) bond motifs is 2. The Morgan fingerprint density at radius 1 is 0.706 bits per heavy atom. The molecule has 1 aliphatic carbocycles. The molecule has 1 saturated carbocycles. The molecule has 0 bridgehead atoms. The van der Waals surface area contributed by atoms with Crippen LogP contribution in [-0.4, -0.2) is 5.43 Å². The fourth-order valence-corrected chi connectivity index (χ4v) is 7.13. The van der Waals surface area contributed by atoms with E-state index in [4.69, 9.17) is 0 Å². The van der Waals surface area contributed by atoms with Gasteiger partial charge in [0.25, 0.3) is 0 Å². The summed E-state index contributed by atoms with van der Waals surface area (Å²) in [6.45, 7) is 18.1. The van der Waals surface area contributed by atoms with E-state index >= 15 is 0 Å². The average Bonchev–Trinajstić information content (AvgIpc) is 3.73. The molecule has 4 heteroatoms. The molecule has 0 heterocycles. The molecule has 0 spiro atoms. The van der Waals surface area contributed by atoms with Crippen LogP contribution >= 0.6 is 0 Å². The van der Waals surface area contributed by atoms with Crippen LogP contribution in [0.5, 0.6) is 0 Å². The van der Waals surface area contributed by atoms with Gasteiger partial charge in [0.1, 0.15) is 0 Å². The van der Waals surface area contributed by atoms with E-state index in [1.165, 1.54) is 92.6 Å². The molecule has 0 unspecified atom stereocenters. The molecule has 6 aromatic carbocycles. The van der Waals surface area contributed by atoms with Gasteiger partial charge in [0.15, 0.2) is 0 Å². The third-order valence-electron chi connectivity index (χ3n) is 10.0. The summed E-state index contributed by atoms with van der Waals surface area (Å²) in [5, 5.41) is 5.55. The van der Waals surface area contributed by atoms with Gasteiger partial charge in [0.05, 0.1) is 0 Å². The van der Waals surface area contributed by atoms with Crippen molar-refractivity contribution < 1.29 is 48.1 Å². The minimum Gasteiger partial charge on any atom is -1.00 e. The summed E-state index contributed by atoms with van der Waals surface area (Å²) in [5.74, 6) is 1.36. The minimum atomic E-state index is 0. The van der Waals surface area contributed by atoms with Crippen LogP contribution in [0.25, 0.3) is 43.8 Å². The summed E-state index contributed by atoms with van der Waals surface area (Å²) in [7, 11) is 0. The first-order valence-corrected chi connectivity index (χ1v) is 24.7. The number of halogens is 2. The van der Waals surface area contributed by atoms with Crippen molar-refractivity contribution in [2.24, 2.45) is 0 Å². The second-order valence-corrected chi connectivity index (χ2v) is 24.9. The molecule has 1 aliphatic rings. The molecule has 0 atom stereocenters. The number of benzene rings is 4. The van der Waals surface area contributed by atoms with E-state index in [1.807, 2.05) is 0 Å². The van der Waals surface area contributed by atoms with E-state index in [0.717, 1.165) is 12.3 Å². The van der Waals surface area contributed by atoms with Gasteiger partial charge in [-0.15, -0.1) is 69.1 Å². The van der Waals surface area contributed by atoms with Crippen molar-refractivity contribution in [3.8, 4) is 22.3 Å². The van der Waals surface area contributed by atoms with E-state index in [0.29, 0.717) is 5.92 Å². The van der Waals surface area contributed by atoms with Crippen molar-refractivity contribution in [1.29, 1.82) is 0 Å². The molecule has 0 aliphatic heterocycles. The van der Waals surface area contributed by atoms with Crippen LogP contribution < -0.4 is 24.8 Å². The summed E-state index contributed by atoms with van der Waals surface area (Å²) in [6.07, 6.45) is 8.04. The van der Waals surface area contributed by atoms with Gasteiger partial charge in [-0.25, -0.2) is 0 Å². The standard InChI is InChI=1S/C25H29.C20H21.C2H6Si.2ClH.Zr/c1-25(2,3)22-14-12-19(13-15-22)23-11-7-10-20-16-21(17-24(20)23)18-8-5-4-6-9-18;1-4-15-12-18-6-5-7-19(20(18)13-15)17-10-8-16(9-11-17)14(2)3;1-3-2;;;/h7,10-18H,4-6,8-9H2,1-3H3;5-14H,4H2,1-3H3;1-2H3;2*1H;/q2*-1;;;;+2/p-2. The van der Waals surface area contributed by atoms with Gasteiger partial charge in [-0.2, -0.15) is 12.1 Å². The molecule has 0 saturated heterocycles. The topological polar surface area (TPSA) is 0 Å². The first-order chi connectivity index (χ1) is 23.4. The van der Waals surface area contributed by atoms with Crippen molar-refractivity contribution in [2.45, 2.75) is 110 Å². The Labute approximate surface area is 336 Å². The zero-order chi connectivity index (χ0) is 35.1. The first-order valence-electron chi connectivity index (χ1n) is 18.5. The Hall–Kier alpha value is -2.22. The van der Waals surface area contributed by atoms with Gasteiger partial charge >= 0.3 is 41.9 Å². The summed E-state index contributed by atoms with van der Waals surface area (Å²) >= 11 is 1.74. The van der Waals surface area contributed by atoms with Crippen molar-refractivity contribution in [3.05, 3.63) is 131 Å². The third-order valence-corrected chi connectivity index (χ3v) is 10.0. The summed E-state index contributed by atoms with van der Waals surface area (Å²) in [5.41, 5.74) is 11.6. The van der Waals surface area contributed by atoms with Crippen LogP contribution in [0.2, 0.25) is 13.1 Å². The molecule has 0 aromatic heterocycles. The van der Waals surface area contributed by atoms with Crippen LogP contribution in [0.3, 0.4) is 0 Å². The van der Waals surface area contributed by atoms with Gasteiger partial charge < -0.3 is 24.8 Å². The molecule has 1 fully saturated rings. The van der Waals surface area contributed by atoms with E-state index < -0.39 is 0 Å². The number of hydrogen-bond acceptors (Lipinski definition) is 0. The Morgan fingerprint density at radius 2 is 1.20 bits per heavy atom. The van der Waals surface area contributed by atoms with Gasteiger partial charge in [0.2, 0.25) is 0 Å². The largest absolute Gasteiger partial charge is 1.00 e. The second-order valence-electron chi connectivity index (χ2n) is 15.6. The zero-order valence-electron chi connectivity index (χ0n) is 32.0. The molecule has 7 rings (SSSR count). The normalized spacial score (nSPS) is 13.1. The van der Waals surface area contributed by atoms with Gasteiger partial charge in [-0.1, -0.05) is 133 Å². The number of rotatable bonds is 5. The Bertz CT molecular complexity index is 1960. The van der Waals surface area contributed by atoms with Crippen LogP contribution in [0.4, 0.5) is 0 Å². The Morgan fingerprint density at radius 3 is 1.69 bits per heavy atom. The van der Waals surface area contributed by atoms with Crippen LogP contribution in [-0.2, 0) is 35.2 Å². The van der Waals surface area contributed by atoms with E-state index in [2.05, 4.69) is 164 Å². The Balaban J connectivity index is 0.000000245. The van der Waals surface area contributed by atoms with Gasteiger partial charge in [-0.05, 0) is 58.8 Å². The molecule has 6 aromatic rings. The van der Waals surface area contributed by atoms with Gasteiger partial charge in [-0.3, -0.25) is 0 Å². The zero-order valence-corrected chi connectivity index (χ0v) is 37.0. The molecule has 0 amide bonds. The molecule has 51 heavy (non-hydrogen) atoms. The molecule has 268 valence electrons. The monoisotopic (exact) mass is 808 g/mol. The number of hydrogen-bond donors (Lipinski definition) is 0. The Kier molecular flexibility index (Phi) is 16.7. The molecular weight excluding hydrogens is 755 g/mol. The third kappa shape index (κ3) is 11.4. The van der Waals surface area contributed by atoms with Gasteiger partial charge in [0, 0.05) is 0 Å². The molecule has 0 nitrogen and oxygen atoms in total. The van der Waals surface area contributed by atoms with E-state index in [-0.39, 0.29) is 35.7 Å². The predicted molar refractivity (Wildman–Crippen MR) is 215 cm³/mol. The van der Waals surface area contributed by atoms with Crippen LogP contribution in [0.15, 0.2) is 109 Å². The van der Waals surface area contributed by atoms with Crippen molar-refractivity contribution >= 4 is 27.0 Å². The SMILES string of the molecule is CC(C)(C)c1ccc(-c2cccc3[cH-]c(C4CCCCC4)cc23)cc1.CCc1cc2c(-c3ccc(C(C)C)cc3)cccc2[cH-]1.C[Si](C)=[Zr+2].[Cl-].[Cl-].